The largest absolute Gasteiger partial charge is 0.355 e. The minimum Gasteiger partial charge on any atom is -0.325 e. The van der Waals surface area contributed by atoms with Crippen LogP contribution in [0.1, 0.15) is 18.1 Å². The highest BCUT2D eigenvalue weighted by atomic mass is 31.2. The minimum absolute atomic E-state index is 0.259. The highest BCUT2D eigenvalue weighted by Gasteiger charge is 2.20. The molecule has 1 amide bonds. The van der Waals surface area contributed by atoms with E-state index in [2.05, 4.69) is 5.32 Å². The van der Waals surface area contributed by atoms with Gasteiger partial charge in [-0.3, -0.25) is 9.36 Å². The standard InChI is InChI=1S/C13H18NO4P/c1-10-5-7-12(8-6-10)13(14-11(2)15)9-19(16,17-3)18-4/h5-9H,1-4H3,(H,14,15)/b13-9+. The number of rotatable bonds is 5. The molecule has 6 heteroatoms. The van der Waals surface area contributed by atoms with Crippen LogP contribution in [-0.2, 0) is 18.4 Å². The molecule has 5 nitrogen and oxygen atoms in total. The van der Waals surface area contributed by atoms with Gasteiger partial charge in [-0.15, -0.1) is 0 Å². The molecule has 0 aromatic heterocycles. The van der Waals surface area contributed by atoms with Crippen LogP contribution in [0.3, 0.4) is 0 Å². The van der Waals surface area contributed by atoms with Gasteiger partial charge >= 0.3 is 7.60 Å². The average molecular weight is 283 g/mol. The second-order valence-electron chi connectivity index (χ2n) is 3.99. The maximum Gasteiger partial charge on any atom is 0.355 e. The van der Waals surface area contributed by atoms with Crippen LogP contribution in [0.2, 0.25) is 0 Å². The summed E-state index contributed by atoms with van der Waals surface area (Å²) >= 11 is 0. The van der Waals surface area contributed by atoms with Crippen molar-refractivity contribution < 1.29 is 18.4 Å². The van der Waals surface area contributed by atoms with Crippen LogP contribution in [0.25, 0.3) is 5.70 Å². The van der Waals surface area contributed by atoms with Crippen molar-refractivity contribution in [3.05, 3.63) is 41.2 Å². The molecule has 0 spiro atoms. The van der Waals surface area contributed by atoms with Crippen molar-refractivity contribution in [1.29, 1.82) is 0 Å². The molecular weight excluding hydrogens is 265 g/mol. The predicted octanol–water partition coefficient (Wildman–Crippen LogP) is 2.92. The van der Waals surface area contributed by atoms with Crippen LogP contribution in [0.15, 0.2) is 30.1 Å². The first-order valence-electron chi connectivity index (χ1n) is 5.69. The molecule has 1 aromatic carbocycles. The first kappa shape index (κ1) is 15.6. The molecule has 19 heavy (non-hydrogen) atoms. The van der Waals surface area contributed by atoms with Crippen molar-refractivity contribution in [3.63, 3.8) is 0 Å². The third-order valence-corrected chi connectivity index (χ3v) is 4.06. The third kappa shape index (κ3) is 4.63. The van der Waals surface area contributed by atoms with Crippen LogP contribution in [0, 0.1) is 6.92 Å². The lowest BCUT2D eigenvalue weighted by molar-refractivity contribution is -0.117. The molecule has 0 radical (unpaired) electrons. The maximum absolute atomic E-state index is 12.1. The molecule has 0 heterocycles. The van der Waals surface area contributed by atoms with Gasteiger partial charge in [0.25, 0.3) is 0 Å². The number of benzene rings is 1. The third-order valence-electron chi connectivity index (χ3n) is 2.47. The Kier molecular flexibility index (Phi) is 5.48. The SMILES string of the molecule is COP(=O)(/C=C(/NC(C)=O)c1ccc(C)cc1)OC. The van der Waals surface area contributed by atoms with Crippen molar-refractivity contribution in [1.82, 2.24) is 5.32 Å². The fraction of sp³-hybridized carbons (Fsp3) is 0.308. The van der Waals surface area contributed by atoms with Crippen molar-refractivity contribution in [2.45, 2.75) is 13.8 Å². The molecule has 1 aromatic rings. The number of nitrogens with one attached hydrogen (secondary N) is 1. The van der Waals surface area contributed by atoms with Gasteiger partial charge in [0.05, 0.1) is 11.5 Å². The van der Waals surface area contributed by atoms with Gasteiger partial charge < -0.3 is 14.4 Å². The molecule has 0 aliphatic heterocycles. The zero-order chi connectivity index (χ0) is 14.5. The van der Waals surface area contributed by atoms with Gasteiger partial charge in [0, 0.05) is 21.1 Å². The highest BCUT2D eigenvalue weighted by Crippen LogP contribution is 2.49. The second kappa shape index (κ2) is 6.66. The average Bonchev–Trinajstić information content (AvgIpc) is 2.38. The molecule has 0 bridgehead atoms. The topological polar surface area (TPSA) is 64.6 Å². The molecule has 0 aliphatic rings. The van der Waals surface area contributed by atoms with E-state index in [0.29, 0.717) is 5.70 Å². The summed E-state index contributed by atoms with van der Waals surface area (Å²) in [6.07, 6.45) is 0. The molecule has 0 atom stereocenters. The lowest BCUT2D eigenvalue weighted by atomic mass is 10.1. The molecule has 0 unspecified atom stereocenters. The Morgan fingerprint density at radius 1 is 1.21 bits per heavy atom. The molecule has 0 aliphatic carbocycles. The van der Waals surface area contributed by atoms with E-state index in [4.69, 9.17) is 9.05 Å². The van der Waals surface area contributed by atoms with Crippen molar-refractivity contribution >= 4 is 19.2 Å². The van der Waals surface area contributed by atoms with E-state index in [-0.39, 0.29) is 5.91 Å². The predicted molar refractivity (Wildman–Crippen MR) is 74.6 cm³/mol. The Balaban J connectivity index is 3.21. The van der Waals surface area contributed by atoms with Gasteiger partial charge in [-0.2, -0.15) is 0 Å². The highest BCUT2D eigenvalue weighted by molar-refractivity contribution is 7.57. The van der Waals surface area contributed by atoms with E-state index in [1.807, 2.05) is 31.2 Å². The molecular formula is C13H18NO4P. The van der Waals surface area contributed by atoms with Gasteiger partial charge in [-0.05, 0) is 12.5 Å². The number of hydrogen-bond acceptors (Lipinski definition) is 4. The monoisotopic (exact) mass is 283 g/mol. The van der Waals surface area contributed by atoms with Gasteiger partial charge in [0.1, 0.15) is 0 Å². The van der Waals surface area contributed by atoms with Crippen LogP contribution in [0.4, 0.5) is 0 Å². The van der Waals surface area contributed by atoms with E-state index in [0.717, 1.165) is 11.1 Å². The van der Waals surface area contributed by atoms with Gasteiger partial charge in [0.2, 0.25) is 5.91 Å². The first-order valence-corrected chi connectivity index (χ1v) is 7.30. The lowest BCUT2D eigenvalue weighted by Gasteiger charge is -2.13. The van der Waals surface area contributed by atoms with Crippen LogP contribution >= 0.6 is 7.60 Å². The number of amides is 1. The Hall–Kier alpha value is -1.42. The normalized spacial score (nSPS) is 12.3. The van der Waals surface area contributed by atoms with Gasteiger partial charge in [-0.1, -0.05) is 29.8 Å². The van der Waals surface area contributed by atoms with Crippen molar-refractivity contribution in [2.24, 2.45) is 0 Å². The summed E-state index contributed by atoms with van der Waals surface area (Å²) in [5.41, 5.74) is 2.22. The number of carbonyl (C=O) groups excluding carboxylic acids is 1. The van der Waals surface area contributed by atoms with E-state index < -0.39 is 7.60 Å². The maximum atomic E-state index is 12.1. The Morgan fingerprint density at radius 2 is 1.74 bits per heavy atom. The minimum atomic E-state index is -3.35. The number of carbonyl (C=O) groups is 1. The first-order chi connectivity index (χ1) is 8.90. The van der Waals surface area contributed by atoms with Gasteiger partial charge in [0.15, 0.2) is 0 Å². The van der Waals surface area contributed by atoms with Crippen LogP contribution in [0.5, 0.6) is 0 Å². The van der Waals surface area contributed by atoms with Crippen molar-refractivity contribution in [2.75, 3.05) is 14.2 Å². The van der Waals surface area contributed by atoms with E-state index in [1.165, 1.54) is 27.0 Å². The Labute approximate surface area is 113 Å². The lowest BCUT2D eigenvalue weighted by Crippen LogP contribution is -2.18. The summed E-state index contributed by atoms with van der Waals surface area (Å²) in [7, 11) is -0.762. The van der Waals surface area contributed by atoms with E-state index >= 15 is 0 Å². The quantitative estimate of drug-likeness (QED) is 0.844. The zero-order valence-electron chi connectivity index (χ0n) is 11.5. The molecule has 0 saturated heterocycles. The summed E-state index contributed by atoms with van der Waals surface area (Å²) in [6.45, 7) is 3.34. The molecule has 104 valence electrons. The summed E-state index contributed by atoms with van der Waals surface area (Å²) in [5, 5.41) is 2.63. The van der Waals surface area contributed by atoms with Crippen LogP contribution in [-0.4, -0.2) is 20.1 Å². The zero-order valence-corrected chi connectivity index (χ0v) is 12.4. The molecule has 0 fully saturated rings. The summed E-state index contributed by atoms with van der Waals surface area (Å²) in [5.74, 6) is 1.05. The summed E-state index contributed by atoms with van der Waals surface area (Å²) in [4.78, 5) is 11.2. The van der Waals surface area contributed by atoms with E-state index in [9.17, 15) is 9.36 Å². The van der Waals surface area contributed by atoms with E-state index in [1.54, 1.807) is 0 Å². The number of aryl methyl sites for hydroxylation is 1. The van der Waals surface area contributed by atoms with Crippen LogP contribution < -0.4 is 5.32 Å². The summed E-state index contributed by atoms with van der Waals surface area (Å²) in [6, 6.07) is 7.45. The fourth-order valence-corrected chi connectivity index (χ4v) is 2.33. The Bertz CT molecular complexity index is 514. The Morgan fingerprint density at radius 3 is 2.16 bits per heavy atom. The van der Waals surface area contributed by atoms with Crippen molar-refractivity contribution in [3.8, 4) is 0 Å². The molecule has 1 N–H and O–H groups in total. The fourth-order valence-electron chi connectivity index (χ4n) is 1.44. The second-order valence-corrected chi connectivity index (χ2v) is 6.06. The van der Waals surface area contributed by atoms with Gasteiger partial charge in [-0.25, -0.2) is 0 Å². The molecule has 0 saturated carbocycles. The number of hydrogen-bond donors (Lipinski definition) is 1. The summed E-state index contributed by atoms with van der Waals surface area (Å²) < 4.78 is 21.8. The smallest absolute Gasteiger partial charge is 0.325 e. The molecule has 1 rings (SSSR count).